The van der Waals surface area contributed by atoms with Crippen LogP contribution in [0.2, 0.25) is 0 Å². The molecular formula is C16H27FN2. The molecule has 1 aromatic carbocycles. The summed E-state index contributed by atoms with van der Waals surface area (Å²) in [6.07, 6.45) is 1.13. The number of halogens is 1. The topological polar surface area (TPSA) is 15.3 Å². The summed E-state index contributed by atoms with van der Waals surface area (Å²) in [4.78, 5) is 2.12. The van der Waals surface area contributed by atoms with Gasteiger partial charge in [-0.05, 0) is 31.5 Å². The maximum atomic E-state index is 13.9. The van der Waals surface area contributed by atoms with Gasteiger partial charge in [-0.15, -0.1) is 0 Å². The Morgan fingerprint density at radius 2 is 1.89 bits per heavy atom. The molecule has 0 aliphatic carbocycles. The number of benzene rings is 1. The second kappa shape index (κ2) is 8.16. The van der Waals surface area contributed by atoms with E-state index in [0.29, 0.717) is 17.6 Å². The van der Waals surface area contributed by atoms with Gasteiger partial charge in [-0.25, -0.2) is 4.39 Å². The molecule has 108 valence electrons. The monoisotopic (exact) mass is 266 g/mol. The van der Waals surface area contributed by atoms with Crippen LogP contribution in [0.25, 0.3) is 0 Å². The summed E-state index contributed by atoms with van der Waals surface area (Å²) in [5.41, 5.74) is 0.705. The molecule has 2 atom stereocenters. The molecule has 0 radical (unpaired) electrons. The number of likely N-dealkylation sites (N-methyl/N-ethyl adjacent to an activating group) is 2. The number of nitrogens with one attached hydrogen (secondary N) is 1. The highest BCUT2D eigenvalue weighted by atomic mass is 19.1. The fraction of sp³-hybridized carbons (Fsp3) is 0.625. The zero-order chi connectivity index (χ0) is 14.3. The van der Waals surface area contributed by atoms with Crippen LogP contribution in [0.15, 0.2) is 24.3 Å². The fourth-order valence-corrected chi connectivity index (χ4v) is 2.34. The Kier molecular flexibility index (Phi) is 6.85. The highest BCUT2D eigenvalue weighted by Gasteiger charge is 2.19. The van der Waals surface area contributed by atoms with Gasteiger partial charge in [0.25, 0.3) is 0 Å². The summed E-state index contributed by atoms with van der Waals surface area (Å²) in [5.74, 6) is 0.449. The van der Waals surface area contributed by atoms with E-state index in [4.69, 9.17) is 0 Å². The number of hydrogen-bond donors (Lipinski definition) is 1. The first-order valence-electron chi connectivity index (χ1n) is 7.36. The molecule has 0 aliphatic rings. The first-order valence-corrected chi connectivity index (χ1v) is 7.36. The Bertz CT molecular complexity index is 368. The van der Waals surface area contributed by atoms with Crippen LogP contribution < -0.4 is 10.2 Å². The molecule has 19 heavy (non-hydrogen) atoms. The number of anilines is 1. The minimum absolute atomic E-state index is 0.135. The summed E-state index contributed by atoms with van der Waals surface area (Å²) in [5, 5.41) is 3.52. The summed E-state index contributed by atoms with van der Waals surface area (Å²) in [6.45, 7) is 11.3. The lowest BCUT2D eigenvalue weighted by Gasteiger charge is -2.32. The van der Waals surface area contributed by atoms with Crippen molar-refractivity contribution in [2.24, 2.45) is 5.92 Å². The quantitative estimate of drug-likeness (QED) is 0.772. The first kappa shape index (κ1) is 16.0. The van der Waals surface area contributed by atoms with E-state index in [9.17, 15) is 4.39 Å². The molecule has 0 bridgehead atoms. The summed E-state index contributed by atoms with van der Waals surface area (Å²) in [6, 6.07) is 7.42. The van der Waals surface area contributed by atoms with Gasteiger partial charge in [0.15, 0.2) is 0 Å². The number of rotatable bonds is 8. The lowest BCUT2D eigenvalue weighted by Crippen LogP contribution is -2.45. The second-order valence-corrected chi connectivity index (χ2v) is 5.04. The van der Waals surface area contributed by atoms with Gasteiger partial charge in [-0.3, -0.25) is 0 Å². The molecule has 1 aromatic rings. The third-order valence-electron chi connectivity index (χ3n) is 3.79. The van der Waals surface area contributed by atoms with Gasteiger partial charge in [-0.2, -0.15) is 0 Å². The lowest BCUT2D eigenvalue weighted by atomic mass is 9.98. The van der Waals surface area contributed by atoms with Crippen molar-refractivity contribution in [3.8, 4) is 0 Å². The van der Waals surface area contributed by atoms with Crippen molar-refractivity contribution >= 4 is 5.69 Å². The van der Waals surface area contributed by atoms with Gasteiger partial charge >= 0.3 is 0 Å². The van der Waals surface area contributed by atoms with E-state index in [1.807, 2.05) is 12.1 Å². The van der Waals surface area contributed by atoms with Crippen LogP contribution in [0.5, 0.6) is 0 Å². The van der Waals surface area contributed by atoms with Crippen LogP contribution in [0.1, 0.15) is 34.1 Å². The number of para-hydroxylation sites is 1. The Morgan fingerprint density at radius 3 is 2.42 bits per heavy atom. The second-order valence-electron chi connectivity index (χ2n) is 5.04. The molecular weight excluding hydrogens is 239 g/mol. The highest BCUT2D eigenvalue weighted by molar-refractivity contribution is 5.47. The summed E-state index contributed by atoms with van der Waals surface area (Å²) >= 11 is 0. The average Bonchev–Trinajstić information content (AvgIpc) is 2.43. The third kappa shape index (κ3) is 4.50. The van der Waals surface area contributed by atoms with Crippen molar-refractivity contribution in [2.75, 3.05) is 24.5 Å². The van der Waals surface area contributed by atoms with Crippen LogP contribution in [-0.2, 0) is 0 Å². The van der Waals surface area contributed by atoms with E-state index < -0.39 is 0 Å². The molecule has 0 saturated heterocycles. The van der Waals surface area contributed by atoms with Gasteiger partial charge in [-0.1, -0.05) is 39.3 Å². The third-order valence-corrected chi connectivity index (χ3v) is 3.79. The molecule has 3 heteroatoms. The highest BCUT2D eigenvalue weighted by Crippen LogP contribution is 2.20. The lowest BCUT2D eigenvalue weighted by molar-refractivity contribution is 0.372. The molecule has 0 fully saturated rings. The molecule has 1 rings (SSSR count). The van der Waals surface area contributed by atoms with E-state index in [0.717, 1.165) is 26.1 Å². The van der Waals surface area contributed by atoms with Crippen molar-refractivity contribution in [3.63, 3.8) is 0 Å². The Labute approximate surface area is 117 Å². The molecule has 0 aliphatic heterocycles. The smallest absolute Gasteiger partial charge is 0.146 e. The zero-order valence-corrected chi connectivity index (χ0v) is 12.6. The normalized spacial score (nSPS) is 14.2. The van der Waals surface area contributed by atoms with Crippen LogP contribution in [-0.4, -0.2) is 25.7 Å². The maximum Gasteiger partial charge on any atom is 0.146 e. The van der Waals surface area contributed by atoms with Gasteiger partial charge in [0.2, 0.25) is 0 Å². The van der Waals surface area contributed by atoms with Gasteiger partial charge in [0.05, 0.1) is 5.69 Å². The minimum Gasteiger partial charge on any atom is -0.368 e. The van der Waals surface area contributed by atoms with E-state index >= 15 is 0 Å². The standard InChI is InChI=1S/C16H27FN2/c1-5-13(4)15(18-6-2)12-19(7-3)16-11-9-8-10-14(16)17/h8-11,13,15,18H,5-7,12H2,1-4H3. The van der Waals surface area contributed by atoms with E-state index in [1.165, 1.54) is 6.07 Å². The van der Waals surface area contributed by atoms with Crippen molar-refractivity contribution in [1.82, 2.24) is 5.32 Å². The molecule has 2 unspecified atom stereocenters. The van der Waals surface area contributed by atoms with E-state index in [1.54, 1.807) is 6.07 Å². The van der Waals surface area contributed by atoms with Crippen LogP contribution in [0, 0.1) is 11.7 Å². The van der Waals surface area contributed by atoms with Crippen LogP contribution >= 0.6 is 0 Å². The average molecular weight is 266 g/mol. The minimum atomic E-state index is -0.135. The van der Waals surface area contributed by atoms with Gasteiger partial charge in [0.1, 0.15) is 5.82 Å². The number of hydrogen-bond acceptors (Lipinski definition) is 2. The predicted octanol–water partition coefficient (Wildman–Crippen LogP) is 3.68. The fourth-order valence-electron chi connectivity index (χ4n) is 2.34. The summed E-state index contributed by atoms with van der Waals surface area (Å²) in [7, 11) is 0. The molecule has 0 heterocycles. The van der Waals surface area contributed by atoms with E-state index in [2.05, 4.69) is 37.9 Å². The maximum absolute atomic E-state index is 13.9. The Balaban J connectivity index is 2.82. The molecule has 0 aromatic heterocycles. The molecule has 2 nitrogen and oxygen atoms in total. The van der Waals surface area contributed by atoms with Crippen LogP contribution in [0.4, 0.5) is 10.1 Å². The largest absolute Gasteiger partial charge is 0.368 e. The zero-order valence-electron chi connectivity index (χ0n) is 12.6. The first-order chi connectivity index (χ1) is 9.13. The van der Waals surface area contributed by atoms with Gasteiger partial charge in [0, 0.05) is 19.1 Å². The molecule has 0 saturated carbocycles. The van der Waals surface area contributed by atoms with Crippen LogP contribution in [0.3, 0.4) is 0 Å². The summed E-state index contributed by atoms with van der Waals surface area (Å²) < 4.78 is 13.9. The Hall–Kier alpha value is -1.09. The van der Waals surface area contributed by atoms with Crippen molar-refractivity contribution in [1.29, 1.82) is 0 Å². The van der Waals surface area contributed by atoms with Crippen molar-refractivity contribution in [3.05, 3.63) is 30.1 Å². The van der Waals surface area contributed by atoms with Crippen molar-refractivity contribution in [2.45, 2.75) is 40.2 Å². The van der Waals surface area contributed by atoms with Gasteiger partial charge < -0.3 is 10.2 Å². The SMILES string of the molecule is CCNC(CN(CC)c1ccccc1F)C(C)CC. The van der Waals surface area contributed by atoms with Crippen molar-refractivity contribution < 1.29 is 4.39 Å². The predicted molar refractivity (Wildman–Crippen MR) is 81.2 cm³/mol. The Morgan fingerprint density at radius 1 is 1.21 bits per heavy atom. The molecule has 0 amide bonds. The molecule has 1 N–H and O–H groups in total. The molecule has 0 spiro atoms. The van der Waals surface area contributed by atoms with E-state index in [-0.39, 0.29) is 5.82 Å². The number of nitrogens with zero attached hydrogens (tertiary/aromatic N) is 1.